The Morgan fingerprint density at radius 1 is 1.69 bits per heavy atom. The number of nitrogens with zero attached hydrogens (tertiary/aromatic N) is 2. The zero-order chi connectivity index (χ0) is 9.68. The number of rotatable bonds is 2. The summed E-state index contributed by atoms with van der Waals surface area (Å²) in [5.74, 6) is 5.58. The molecule has 0 aliphatic heterocycles. The lowest BCUT2D eigenvalue weighted by Gasteiger charge is -1.99. The van der Waals surface area contributed by atoms with Gasteiger partial charge in [0.05, 0.1) is 5.69 Å². The minimum atomic E-state index is 0.335. The maximum absolute atomic E-state index is 5.76. The average molecular weight is 217 g/mol. The van der Waals surface area contributed by atoms with Crippen molar-refractivity contribution in [2.24, 2.45) is 16.7 Å². The van der Waals surface area contributed by atoms with E-state index in [0.29, 0.717) is 15.9 Å². The van der Waals surface area contributed by atoms with Crippen LogP contribution in [0.15, 0.2) is 23.4 Å². The van der Waals surface area contributed by atoms with E-state index >= 15 is 0 Å². The fraction of sp³-hybridized carbons (Fsp3) is 0.143. The van der Waals surface area contributed by atoms with Gasteiger partial charge in [-0.15, -0.1) is 0 Å². The quantitative estimate of drug-likeness (QED) is 0.337. The molecule has 1 aromatic rings. The van der Waals surface area contributed by atoms with E-state index in [4.69, 9.17) is 23.2 Å². The maximum Gasteiger partial charge on any atom is 0.177 e. The van der Waals surface area contributed by atoms with Crippen LogP contribution in [-0.4, -0.2) is 10.2 Å². The third-order valence-corrected chi connectivity index (χ3v) is 2.35. The second-order valence-corrected chi connectivity index (χ2v) is 3.65. The van der Waals surface area contributed by atoms with Gasteiger partial charge in [0.25, 0.3) is 0 Å². The summed E-state index contributed by atoms with van der Waals surface area (Å²) in [7, 11) is 0. The van der Waals surface area contributed by atoms with E-state index in [-0.39, 0.29) is 0 Å². The summed E-state index contributed by atoms with van der Waals surface area (Å²) >= 11 is 7.08. The number of hydrogen-bond donors (Lipinski definition) is 2. The van der Waals surface area contributed by atoms with Crippen molar-refractivity contribution in [2.75, 3.05) is 0 Å². The van der Waals surface area contributed by atoms with Crippen molar-refractivity contribution in [3.8, 4) is 0 Å². The van der Waals surface area contributed by atoms with Gasteiger partial charge in [-0.25, -0.2) is 0 Å². The molecule has 0 fully saturated rings. The number of nitrogens with two attached hydrogens (primary N) is 2. The van der Waals surface area contributed by atoms with Crippen molar-refractivity contribution in [1.82, 2.24) is 4.98 Å². The molecular formula is C7H9ClN4S. The van der Waals surface area contributed by atoms with Crippen LogP contribution in [0.2, 0.25) is 5.02 Å². The number of amidine groups is 1. The van der Waals surface area contributed by atoms with E-state index in [9.17, 15) is 0 Å². The van der Waals surface area contributed by atoms with Gasteiger partial charge < -0.3 is 11.6 Å². The first-order valence-corrected chi connectivity index (χ1v) is 4.85. The Morgan fingerprint density at radius 2 is 2.46 bits per heavy atom. The van der Waals surface area contributed by atoms with Crippen LogP contribution >= 0.6 is 23.4 Å². The van der Waals surface area contributed by atoms with E-state index < -0.39 is 0 Å². The Labute approximate surface area is 85.4 Å². The number of hydrazone groups is 1. The van der Waals surface area contributed by atoms with Crippen LogP contribution in [0.4, 0.5) is 0 Å². The second-order valence-electron chi connectivity index (χ2n) is 2.22. The fourth-order valence-electron chi connectivity index (χ4n) is 0.713. The Bertz CT molecular complexity index is 315. The van der Waals surface area contributed by atoms with Crippen LogP contribution in [0.3, 0.4) is 0 Å². The van der Waals surface area contributed by atoms with Crippen LogP contribution in [0.5, 0.6) is 0 Å². The summed E-state index contributed by atoms with van der Waals surface area (Å²) in [5, 5.41) is 4.32. The lowest BCUT2D eigenvalue weighted by atomic mass is 10.4. The van der Waals surface area contributed by atoms with Gasteiger partial charge in [0.2, 0.25) is 0 Å². The van der Waals surface area contributed by atoms with Crippen molar-refractivity contribution < 1.29 is 0 Å². The van der Waals surface area contributed by atoms with Crippen LogP contribution in [-0.2, 0) is 5.75 Å². The van der Waals surface area contributed by atoms with Crippen LogP contribution < -0.4 is 11.6 Å². The van der Waals surface area contributed by atoms with Crippen molar-refractivity contribution >= 4 is 28.5 Å². The molecule has 4 nitrogen and oxygen atoms in total. The number of halogens is 1. The standard InChI is InChI=1S/C7H9ClN4S/c8-5-1-2-11-6(3-5)4-13-7(9)12-10/h1-3H,4,10H2,(H2,9,12). The van der Waals surface area contributed by atoms with Crippen molar-refractivity contribution in [3.63, 3.8) is 0 Å². The highest BCUT2D eigenvalue weighted by atomic mass is 35.5. The minimum absolute atomic E-state index is 0.335. The predicted molar refractivity (Wildman–Crippen MR) is 56.4 cm³/mol. The Morgan fingerprint density at radius 3 is 3.08 bits per heavy atom. The van der Waals surface area contributed by atoms with E-state index in [1.807, 2.05) is 0 Å². The zero-order valence-electron chi connectivity index (χ0n) is 6.77. The van der Waals surface area contributed by atoms with E-state index in [1.165, 1.54) is 11.8 Å². The summed E-state index contributed by atoms with van der Waals surface area (Å²) in [5.41, 5.74) is 6.24. The molecule has 0 aliphatic carbocycles. The lowest BCUT2D eigenvalue weighted by Crippen LogP contribution is -2.09. The van der Waals surface area contributed by atoms with Gasteiger partial charge in [0.15, 0.2) is 5.17 Å². The third-order valence-electron chi connectivity index (χ3n) is 1.27. The van der Waals surface area contributed by atoms with E-state index in [2.05, 4.69) is 10.1 Å². The van der Waals surface area contributed by atoms with Crippen molar-refractivity contribution in [1.29, 1.82) is 0 Å². The summed E-state index contributed by atoms with van der Waals surface area (Å²) in [6.07, 6.45) is 1.65. The van der Waals surface area contributed by atoms with Crippen LogP contribution in [0.1, 0.15) is 5.69 Å². The van der Waals surface area contributed by atoms with Crippen molar-refractivity contribution in [2.45, 2.75) is 5.75 Å². The number of hydrogen-bond acceptors (Lipinski definition) is 4. The van der Waals surface area contributed by atoms with Crippen LogP contribution in [0, 0.1) is 0 Å². The molecule has 0 saturated heterocycles. The topological polar surface area (TPSA) is 77.3 Å². The average Bonchev–Trinajstić information content (AvgIpc) is 2.14. The SMILES string of the molecule is N/N=C(/N)SCc1cc(Cl)ccn1. The molecule has 0 unspecified atom stereocenters. The molecule has 0 aliphatic rings. The molecule has 0 saturated carbocycles. The predicted octanol–water partition coefficient (Wildman–Crippen LogP) is 1.16. The zero-order valence-corrected chi connectivity index (χ0v) is 8.35. The maximum atomic E-state index is 5.76. The molecule has 0 spiro atoms. The highest BCUT2D eigenvalue weighted by molar-refractivity contribution is 8.13. The number of pyridine rings is 1. The first-order chi connectivity index (χ1) is 6.22. The highest BCUT2D eigenvalue weighted by Crippen LogP contribution is 2.13. The van der Waals surface area contributed by atoms with E-state index in [1.54, 1.807) is 18.3 Å². The van der Waals surface area contributed by atoms with Gasteiger partial charge >= 0.3 is 0 Å². The van der Waals surface area contributed by atoms with Gasteiger partial charge in [0.1, 0.15) is 0 Å². The Kier molecular flexibility index (Phi) is 3.85. The molecule has 1 rings (SSSR count). The van der Waals surface area contributed by atoms with Gasteiger partial charge in [0, 0.05) is 17.0 Å². The molecular weight excluding hydrogens is 208 g/mol. The molecule has 0 atom stereocenters. The summed E-state index contributed by atoms with van der Waals surface area (Å²) < 4.78 is 0. The minimum Gasteiger partial charge on any atom is -0.377 e. The number of thioether (sulfide) groups is 1. The molecule has 1 aromatic heterocycles. The highest BCUT2D eigenvalue weighted by Gasteiger charge is 1.98. The molecule has 13 heavy (non-hydrogen) atoms. The van der Waals surface area contributed by atoms with Gasteiger partial charge in [-0.3, -0.25) is 4.98 Å². The largest absolute Gasteiger partial charge is 0.377 e. The van der Waals surface area contributed by atoms with E-state index in [0.717, 1.165) is 5.69 Å². The molecule has 1 heterocycles. The molecule has 0 radical (unpaired) electrons. The summed E-state index contributed by atoms with van der Waals surface area (Å²) in [4.78, 5) is 4.09. The third kappa shape index (κ3) is 3.52. The smallest absolute Gasteiger partial charge is 0.177 e. The summed E-state index contributed by atoms with van der Waals surface area (Å²) in [6, 6.07) is 3.49. The molecule has 4 N–H and O–H groups in total. The Hall–Kier alpha value is -0.940. The van der Waals surface area contributed by atoms with Crippen LogP contribution in [0.25, 0.3) is 0 Å². The number of aromatic nitrogens is 1. The molecule has 6 heteroatoms. The summed E-state index contributed by atoms with van der Waals surface area (Å²) in [6.45, 7) is 0. The Balaban J connectivity index is 2.55. The molecule has 0 amide bonds. The normalized spacial score (nSPS) is 11.6. The fourth-order valence-corrected chi connectivity index (χ4v) is 1.42. The lowest BCUT2D eigenvalue weighted by molar-refractivity contribution is 1.18. The molecule has 70 valence electrons. The molecule has 0 bridgehead atoms. The monoisotopic (exact) mass is 216 g/mol. The molecule has 0 aromatic carbocycles. The first-order valence-electron chi connectivity index (χ1n) is 3.49. The van der Waals surface area contributed by atoms with Gasteiger partial charge in [-0.05, 0) is 12.1 Å². The van der Waals surface area contributed by atoms with Gasteiger partial charge in [-0.1, -0.05) is 23.4 Å². The van der Waals surface area contributed by atoms with Crippen molar-refractivity contribution in [3.05, 3.63) is 29.0 Å². The second kappa shape index (κ2) is 4.94. The first kappa shape index (κ1) is 10.1. The van der Waals surface area contributed by atoms with Gasteiger partial charge in [-0.2, -0.15) is 5.10 Å².